The third-order valence-electron chi connectivity index (χ3n) is 3.55. The van der Waals surface area contributed by atoms with Crippen molar-refractivity contribution in [1.82, 2.24) is 9.03 Å². The van der Waals surface area contributed by atoms with Crippen LogP contribution < -0.4 is 4.72 Å². The first-order chi connectivity index (χ1) is 8.80. The van der Waals surface area contributed by atoms with E-state index < -0.39 is 10.2 Å². The van der Waals surface area contributed by atoms with Crippen LogP contribution in [0.1, 0.15) is 27.2 Å². The minimum absolute atomic E-state index is 0.0301. The Balaban J connectivity index is 2.69. The van der Waals surface area contributed by atoms with Crippen molar-refractivity contribution < 1.29 is 13.5 Å². The monoisotopic (exact) mass is 310 g/mol. The van der Waals surface area contributed by atoms with Gasteiger partial charge in [0.25, 0.3) is 10.2 Å². The fourth-order valence-electron chi connectivity index (χ4n) is 2.62. The SMILES string of the molecule is CSC(CO)C(C)NS(=O)(=O)N1CC(C)CC(C)C1. The molecule has 0 aromatic rings. The van der Waals surface area contributed by atoms with Crippen LogP contribution in [0.4, 0.5) is 0 Å². The fourth-order valence-corrected chi connectivity index (χ4v) is 5.02. The number of piperidine rings is 1. The van der Waals surface area contributed by atoms with E-state index in [1.807, 2.05) is 6.26 Å². The van der Waals surface area contributed by atoms with Crippen molar-refractivity contribution in [3.8, 4) is 0 Å². The van der Waals surface area contributed by atoms with Gasteiger partial charge in [-0.15, -0.1) is 0 Å². The Morgan fingerprint density at radius 3 is 2.32 bits per heavy atom. The average Bonchev–Trinajstić information content (AvgIpc) is 2.28. The molecule has 0 bridgehead atoms. The van der Waals surface area contributed by atoms with Gasteiger partial charge in [-0.25, -0.2) is 0 Å². The Labute approximate surface area is 121 Å². The van der Waals surface area contributed by atoms with E-state index in [-0.39, 0.29) is 17.9 Å². The molecule has 7 heteroatoms. The summed E-state index contributed by atoms with van der Waals surface area (Å²) in [6.07, 6.45) is 2.95. The van der Waals surface area contributed by atoms with Gasteiger partial charge in [-0.1, -0.05) is 13.8 Å². The Morgan fingerprint density at radius 2 is 1.89 bits per heavy atom. The summed E-state index contributed by atoms with van der Waals surface area (Å²) >= 11 is 1.47. The van der Waals surface area contributed by atoms with Gasteiger partial charge in [-0.2, -0.15) is 29.2 Å². The van der Waals surface area contributed by atoms with Crippen molar-refractivity contribution in [3.05, 3.63) is 0 Å². The lowest BCUT2D eigenvalue weighted by molar-refractivity contribution is 0.218. The van der Waals surface area contributed by atoms with E-state index in [2.05, 4.69) is 18.6 Å². The topological polar surface area (TPSA) is 69.6 Å². The predicted octanol–water partition coefficient (Wildman–Crippen LogP) is 0.911. The Hall–Kier alpha value is 0.180. The van der Waals surface area contributed by atoms with Crippen LogP contribution in [0.25, 0.3) is 0 Å². The standard InChI is InChI=1S/C12H26N2O3S2/c1-9-5-10(2)7-14(6-9)19(16,17)13-11(3)12(8-15)18-4/h9-13,15H,5-8H2,1-4H3. The van der Waals surface area contributed by atoms with Gasteiger partial charge in [0.15, 0.2) is 0 Å². The first-order valence-corrected chi connectivity index (χ1v) is 9.44. The van der Waals surface area contributed by atoms with Gasteiger partial charge in [0.1, 0.15) is 0 Å². The molecule has 1 fully saturated rings. The minimum atomic E-state index is -3.45. The highest BCUT2D eigenvalue weighted by Gasteiger charge is 2.32. The summed E-state index contributed by atoms with van der Waals surface area (Å²) in [5.41, 5.74) is 0. The third kappa shape index (κ3) is 4.90. The first-order valence-electron chi connectivity index (χ1n) is 6.71. The summed E-state index contributed by atoms with van der Waals surface area (Å²) in [5.74, 6) is 0.787. The quantitative estimate of drug-likeness (QED) is 0.765. The zero-order valence-corrected chi connectivity index (χ0v) is 13.8. The lowest BCUT2D eigenvalue weighted by Gasteiger charge is -2.35. The molecule has 1 saturated heterocycles. The molecule has 1 aliphatic rings. The molecule has 19 heavy (non-hydrogen) atoms. The highest BCUT2D eigenvalue weighted by molar-refractivity contribution is 7.99. The van der Waals surface area contributed by atoms with Gasteiger partial charge in [-0.05, 0) is 31.4 Å². The molecule has 0 aromatic heterocycles. The van der Waals surface area contributed by atoms with Crippen molar-refractivity contribution in [3.63, 3.8) is 0 Å². The van der Waals surface area contributed by atoms with Crippen molar-refractivity contribution in [2.24, 2.45) is 11.8 Å². The van der Waals surface area contributed by atoms with E-state index >= 15 is 0 Å². The number of rotatable bonds is 6. The molecule has 0 aliphatic carbocycles. The maximum atomic E-state index is 12.3. The highest BCUT2D eigenvalue weighted by atomic mass is 32.2. The zero-order chi connectivity index (χ0) is 14.6. The molecule has 0 amide bonds. The van der Waals surface area contributed by atoms with Crippen molar-refractivity contribution >= 4 is 22.0 Å². The second-order valence-corrected chi connectivity index (χ2v) is 8.41. The second-order valence-electron chi connectivity index (χ2n) is 5.63. The smallest absolute Gasteiger partial charge is 0.279 e. The highest BCUT2D eigenvalue weighted by Crippen LogP contribution is 2.23. The number of aliphatic hydroxyl groups is 1. The summed E-state index contributed by atoms with van der Waals surface area (Å²) in [6, 6.07) is -0.280. The molecule has 0 spiro atoms. The van der Waals surface area contributed by atoms with Crippen LogP contribution in [0.2, 0.25) is 0 Å². The number of nitrogens with zero attached hydrogens (tertiary/aromatic N) is 1. The maximum absolute atomic E-state index is 12.3. The maximum Gasteiger partial charge on any atom is 0.279 e. The molecule has 0 aromatic carbocycles. The molecule has 0 saturated carbocycles. The predicted molar refractivity (Wildman–Crippen MR) is 80.4 cm³/mol. The van der Waals surface area contributed by atoms with Gasteiger partial charge < -0.3 is 5.11 Å². The van der Waals surface area contributed by atoms with E-state index in [9.17, 15) is 13.5 Å². The van der Waals surface area contributed by atoms with E-state index in [1.54, 1.807) is 6.92 Å². The van der Waals surface area contributed by atoms with Gasteiger partial charge in [0.2, 0.25) is 0 Å². The van der Waals surface area contributed by atoms with Crippen LogP contribution in [0.15, 0.2) is 0 Å². The van der Waals surface area contributed by atoms with Crippen LogP contribution in [-0.4, -0.2) is 55.1 Å². The largest absolute Gasteiger partial charge is 0.395 e. The van der Waals surface area contributed by atoms with Gasteiger partial charge in [0.05, 0.1) is 6.61 Å². The van der Waals surface area contributed by atoms with E-state index in [0.29, 0.717) is 24.9 Å². The summed E-state index contributed by atoms with van der Waals surface area (Å²) < 4.78 is 28.9. The lowest BCUT2D eigenvalue weighted by Crippen LogP contribution is -2.52. The number of hydrogen-bond donors (Lipinski definition) is 2. The van der Waals surface area contributed by atoms with E-state index in [0.717, 1.165) is 6.42 Å². The number of nitrogens with one attached hydrogen (secondary N) is 1. The number of hydrogen-bond acceptors (Lipinski definition) is 4. The molecule has 5 nitrogen and oxygen atoms in total. The lowest BCUT2D eigenvalue weighted by atomic mass is 9.94. The summed E-state index contributed by atoms with van der Waals surface area (Å²) in [6.45, 7) is 7.09. The van der Waals surface area contributed by atoms with Crippen molar-refractivity contribution in [2.75, 3.05) is 26.0 Å². The Kier molecular flexibility index (Phi) is 6.59. The van der Waals surface area contributed by atoms with E-state index in [4.69, 9.17) is 0 Å². The molecule has 0 radical (unpaired) electrons. The van der Waals surface area contributed by atoms with Crippen LogP contribution >= 0.6 is 11.8 Å². The van der Waals surface area contributed by atoms with E-state index in [1.165, 1.54) is 16.1 Å². The average molecular weight is 310 g/mol. The molecule has 1 heterocycles. The van der Waals surface area contributed by atoms with Gasteiger partial charge >= 0.3 is 0 Å². The molecular formula is C12H26N2O3S2. The first kappa shape index (κ1) is 17.2. The third-order valence-corrected chi connectivity index (χ3v) is 6.36. The van der Waals surface area contributed by atoms with Crippen LogP contribution in [0, 0.1) is 11.8 Å². The molecule has 4 atom stereocenters. The van der Waals surface area contributed by atoms with Crippen molar-refractivity contribution in [2.45, 2.75) is 38.5 Å². The molecule has 114 valence electrons. The van der Waals surface area contributed by atoms with Crippen LogP contribution in [0.3, 0.4) is 0 Å². The number of thioether (sulfide) groups is 1. The zero-order valence-electron chi connectivity index (χ0n) is 12.2. The van der Waals surface area contributed by atoms with Crippen LogP contribution in [-0.2, 0) is 10.2 Å². The fraction of sp³-hybridized carbons (Fsp3) is 1.00. The Morgan fingerprint density at radius 1 is 1.37 bits per heavy atom. The molecule has 2 N–H and O–H groups in total. The summed E-state index contributed by atoms with van der Waals surface area (Å²) in [4.78, 5) is 0. The summed E-state index contributed by atoms with van der Waals surface area (Å²) in [7, 11) is -3.45. The molecule has 4 unspecified atom stereocenters. The molecule has 1 rings (SSSR count). The normalized spacial score (nSPS) is 29.1. The Bertz CT molecular complexity index is 361. The van der Waals surface area contributed by atoms with Gasteiger partial charge in [-0.3, -0.25) is 0 Å². The summed E-state index contributed by atoms with van der Waals surface area (Å²) in [5, 5.41) is 9.10. The second kappa shape index (κ2) is 7.26. The van der Waals surface area contributed by atoms with Crippen molar-refractivity contribution in [1.29, 1.82) is 0 Å². The molecule has 1 aliphatic heterocycles. The van der Waals surface area contributed by atoms with Crippen LogP contribution in [0.5, 0.6) is 0 Å². The number of aliphatic hydroxyl groups excluding tert-OH is 1. The minimum Gasteiger partial charge on any atom is -0.395 e. The molecular weight excluding hydrogens is 284 g/mol. The van der Waals surface area contributed by atoms with Gasteiger partial charge in [0, 0.05) is 24.4 Å².